The zero-order valence-electron chi connectivity index (χ0n) is 14.7. The van der Waals surface area contributed by atoms with Gasteiger partial charge in [-0.3, -0.25) is 9.59 Å². The van der Waals surface area contributed by atoms with Gasteiger partial charge >= 0.3 is 0 Å². The summed E-state index contributed by atoms with van der Waals surface area (Å²) in [5.41, 5.74) is 8.31. The van der Waals surface area contributed by atoms with Crippen LogP contribution >= 0.6 is 0 Å². The fourth-order valence-corrected chi connectivity index (χ4v) is 3.05. The number of carbonyl (C=O) groups excluding carboxylic acids is 2. The summed E-state index contributed by atoms with van der Waals surface area (Å²) in [5.74, 6) is -0.806. The van der Waals surface area contributed by atoms with E-state index in [4.69, 9.17) is 5.73 Å². The first-order valence-electron chi connectivity index (χ1n) is 8.61. The Morgan fingerprint density at radius 3 is 2.23 bits per heavy atom. The van der Waals surface area contributed by atoms with Crippen molar-refractivity contribution in [2.24, 2.45) is 5.73 Å². The Kier molecular flexibility index (Phi) is 5.32. The number of hydrogen-bond donors (Lipinski definition) is 1. The summed E-state index contributed by atoms with van der Waals surface area (Å²) in [6.45, 7) is 3.62. The highest BCUT2D eigenvalue weighted by atomic mass is 19.1. The van der Waals surface area contributed by atoms with Gasteiger partial charge in [0.25, 0.3) is 5.91 Å². The predicted octanol–water partition coefficient (Wildman–Crippen LogP) is 2.12. The normalized spacial score (nSPS) is 15.7. The molecule has 1 saturated heterocycles. The molecule has 5 nitrogen and oxygen atoms in total. The molecule has 1 aliphatic heterocycles. The van der Waals surface area contributed by atoms with Gasteiger partial charge in [0.15, 0.2) is 0 Å². The maximum atomic E-state index is 13.3. The summed E-state index contributed by atoms with van der Waals surface area (Å²) in [6, 6.07) is 12.5. The fraction of sp³-hybridized carbons (Fsp3) is 0.300. The van der Waals surface area contributed by atoms with Crippen LogP contribution in [0.1, 0.15) is 27.5 Å². The van der Waals surface area contributed by atoms with Crippen molar-refractivity contribution in [2.45, 2.75) is 13.0 Å². The first kappa shape index (κ1) is 18.1. The maximum absolute atomic E-state index is 13.3. The molecule has 1 atom stereocenters. The molecule has 3 rings (SSSR count). The molecule has 1 heterocycles. The zero-order chi connectivity index (χ0) is 18.7. The van der Waals surface area contributed by atoms with E-state index in [1.54, 1.807) is 15.9 Å². The number of rotatable bonds is 3. The summed E-state index contributed by atoms with van der Waals surface area (Å²) in [4.78, 5) is 28.4. The number of nitrogens with zero attached hydrogens (tertiary/aromatic N) is 2. The Bertz CT molecular complexity index is 799. The Hall–Kier alpha value is -2.73. The molecule has 2 aromatic rings. The number of hydrogen-bond acceptors (Lipinski definition) is 3. The molecule has 2 amide bonds. The van der Waals surface area contributed by atoms with Gasteiger partial charge in [-0.2, -0.15) is 0 Å². The van der Waals surface area contributed by atoms with Gasteiger partial charge in [-0.15, -0.1) is 0 Å². The molecule has 136 valence electrons. The van der Waals surface area contributed by atoms with Crippen LogP contribution in [0.3, 0.4) is 0 Å². The molecule has 0 aliphatic carbocycles. The van der Waals surface area contributed by atoms with E-state index in [9.17, 15) is 14.0 Å². The molecule has 2 aromatic carbocycles. The fourth-order valence-electron chi connectivity index (χ4n) is 3.05. The van der Waals surface area contributed by atoms with Crippen molar-refractivity contribution in [3.05, 3.63) is 71.0 Å². The van der Waals surface area contributed by atoms with E-state index in [0.717, 1.165) is 11.1 Å². The summed E-state index contributed by atoms with van der Waals surface area (Å²) in [6.07, 6.45) is 0. The second kappa shape index (κ2) is 7.66. The van der Waals surface area contributed by atoms with E-state index in [0.29, 0.717) is 31.7 Å². The van der Waals surface area contributed by atoms with E-state index >= 15 is 0 Å². The molecule has 1 fully saturated rings. The van der Waals surface area contributed by atoms with Gasteiger partial charge in [0.05, 0.1) is 0 Å². The largest absolute Gasteiger partial charge is 0.337 e. The SMILES string of the molecule is Cc1ccc(C(N)C(=O)N2CCN(C(=O)c3cccc(F)c3)CC2)cc1. The van der Waals surface area contributed by atoms with Gasteiger partial charge in [0.2, 0.25) is 5.91 Å². The maximum Gasteiger partial charge on any atom is 0.254 e. The Labute approximate surface area is 152 Å². The van der Waals surface area contributed by atoms with Crippen molar-refractivity contribution in [3.63, 3.8) is 0 Å². The van der Waals surface area contributed by atoms with Crippen LogP contribution in [0.25, 0.3) is 0 Å². The van der Waals surface area contributed by atoms with Crippen molar-refractivity contribution in [1.82, 2.24) is 9.80 Å². The molecule has 0 saturated carbocycles. The lowest BCUT2D eigenvalue weighted by Gasteiger charge is -2.36. The molecule has 0 radical (unpaired) electrons. The van der Waals surface area contributed by atoms with Crippen LogP contribution in [0.2, 0.25) is 0 Å². The van der Waals surface area contributed by atoms with Crippen LogP contribution in [0.4, 0.5) is 4.39 Å². The van der Waals surface area contributed by atoms with Gasteiger partial charge in [0, 0.05) is 31.7 Å². The number of halogens is 1. The lowest BCUT2D eigenvalue weighted by Crippen LogP contribution is -2.52. The molecule has 0 aromatic heterocycles. The van der Waals surface area contributed by atoms with Gasteiger partial charge in [0.1, 0.15) is 11.9 Å². The van der Waals surface area contributed by atoms with Gasteiger partial charge in [-0.05, 0) is 30.7 Å². The Balaban J connectivity index is 1.60. The Morgan fingerprint density at radius 2 is 1.62 bits per heavy atom. The average Bonchev–Trinajstić information content (AvgIpc) is 2.67. The van der Waals surface area contributed by atoms with Crippen molar-refractivity contribution in [1.29, 1.82) is 0 Å². The molecule has 0 bridgehead atoms. The highest BCUT2D eigenvalue weighted by Gasteiger charge is 2.28. The van der Waals surface area contributed by atoms with Crippen LogP contribution in [0, 0.1) is 12.7 Å². The summed E-state index contributed by atoms with van der Waals surface area (Å²) in [7, 11) is 0. The number of nitrogens with two attached hydrogens (primary N) is 1. The van der Waals surface area contributed by atoms with Crippen LogP contribution < -0.4 is 5.73 Å². The smallest absolute Gasteiger partial charge is 0.254 e. The van der Waals surface area contributed by atoms with Crippen LogP contribution in [0.15, 0.2) is 48.5 Å². The van der Waals surface area contributed by atoms with Crippen molar-refractivity contribution >= 4 is 11.8 Å². The minimum atomic E-state index is -0.707. The summed E-state index contributed by atoms with van der Waals surface area (Å²) >= 11 is 0. The van der Waals surface area contributed by atoms with Gasteiger partial charge in [-0.1, -0.05) is 35.9 Å². The second-order valence-electron chi connectivity index (χ2n) is 6.52. The number of amides is 2. The van der Waals surface area contributed by atoms with Gasteiger partial charge in [-0.25, -0.2) is 4.39 Å². The molecule has 26 heavy (non-hydrogen) atoms. The third-order valence-corrected chi connectivity index (χ3v) is 4.65. The van der Waals surface area contributed by atoms with Crippen LogP contribution in [0.5, 0.6) is 0 Å². The predicted molar refractivity (Wildman–Crippen MR) is 97.0 cm³/mol. The number of carbonyl (C=O) groups is 2. The summed E-state index contributed by atoms with van der Waals surface area (Å²) in [5, 5.41) is 0. The zero-order valence-corrected chi connectivity index (χ0v) is 14.7. The second-order valence-corrected chi connectivity index (χ2v) is 6.52. The number of piperazine rings is 1. The lowest BCUT2D eigenvalue weighted by atomic mass is 10.0. The average molecular weight is 355 g/mol. The first-order valence-corrected chi connectivity index (χ1v) is 8.61. The quantitative estimate of drug-likeness (QED) is 0.917. The third-order valence-electron chi connectivity index (χ3n) is 4.65. The standard InChI is InChI=1S/C20H22FN3O2/c1-14-5-7-15(8-6-14)18(22)20(26)24-11-9-23(10-12-24)19(25)16-3-2-4-17(21)13-16/h2-8,13,18H,9-12,22H2,1H3. The molecule has 1 unspecified atom stereocenters. The lowest BCUT2D eigenvalue weighted by molar-refractivity contribution is -0.134. The molecule has 2 N–H and O–H groups in total. The molecule has 0 spiro atoms. The number of aryl methyl sites for hydroxylation is 1. The van der Waals surface area contributed by atoms with Crippen molar-refractivity contribution in [3.8, 4) is 0 Å². The van der Waals surface area contributed by atoms with E-state index < -0.39 is 11.9 Å². The van der Waals surface area contributed by atoms with E-state index in [-0.39, 0.29) is 11.8 Å². The highest BCUT2D eigenvalue weighted by Crippen LogP contribution is 2.17. The molecular weight excluding hydrogens is 333 g/mol. The van der Waals surface area contributed by atoms with Gasteiger partial charge < -0.3 is 15.5 Å². The third kappa shape index (κ3) is 3.91. The first-order chi connectivity index (χ1) is 12.5. The molecule has 6 heteroatoms. The molecule has 1 aliphatic rings. The van der Waals surface area contributed by atoms with Crippen LogP contribution in [-0.2, 0) is 4.79 Å². The topological polar surface area (TPSA) is 66.6 Å². The van der Waals surface area contributed by atoms with Crippen molar-refractivity contribution < 1.29 is 14.0 Å². The number of benzene rings is 2. The van der Waals surface area contributed by atoms with Crippen LogP contribution in [-0.4, -0.2) is 47.8 Å². The Morgan fingerprint density at radius 1 is 1.00 bits per heavy atom. The molecular formula is C20H22FN3O2. The van der Waals surface area contributed by atoms with Crippen molar-refractivity contribution in [2.75, 3.05) is 26.2 Å². The minimum absolute atomic E-state index is 0.147. The minimum Gasteiger partial charge on any atom is -0.337 e. The van der Waals surface area contributed by atoms with E-state index in [1.807, 2.05) is 31.2 Å². The monoisotopic (exact) mass is 355 g/mol. The van der Waals surface area contributed by atoms with E-state index in [1.165, 1.54) is 18.2 Å². The summed E-state index contributed by atoms with van der Waals surface area (Å²) < 4.78 is 13.3. The van der Waals surface area contributed by atoms with E-state index in [2.05, 4.69) is 0 Å². The highest BCUT2D eigenvalue weighted by molar-refractivity contribution is 5.94.